The maximum atomic E-state index is 9.46. The second-order valence-electron chi connectivity index (χ2n) is 4.85. The van der Waals surface area contributed by atoms with Crippen LogP contribution in [0.15, 0.2) is 42.5 Å². The molecular weight excluding hydrogens is 252 g/mol. The van der Waals surface area contributed by atoms with Gasteiger partial charge in [-0.05, 0) is 43.7 Å². The average Bonchev–Trinajstić information content (AvgIpc) is 2.45. The third-order valence-corrected chi connectivity index (χ3v) is 3.19. The first-order valence-corrected chi connectivity index (χ1v) is 6.64. The first-order chi connectivity index (χ1) is 9.60. The van der Waals surface area contributed by atoms with E-state index in [4.69, 9.17) is 9.47 Å². The molecular formula is C17H20O3. The van der Waals surface area contributed by atoms with Crippen LogP contribution in [0, 0.1) is 6.92 Å². The Labute approximate surface area is 119 Å². The quantitative estimate of drug-likeness (QED) is 0.903. The fourth-order valence-electron chi connectivity index (χ4n) is 2.02. The second-order valence-corrected chi connectivity index (χ2v) is 4.85. The molecule has 0 bridgehead atoms. The summed E-state index contributed by atoms with van der Waals surface area (Å²) in [5, 5.41) is 9.46. The summed E-state index contributed by atoms with van der Waals surface area (Å²) >= 11 is 0. The number of benzene rings is 2. The molecule has 2 rings (SSSR count). The molecule has 0 amide bonds. The van der Waals surface area contributed by atoms with E-state index in [9.17, 15) is 5.11 Å². The van der Waals surface area contributed by atoms with E-state index < -0.39 is 6.10 Å². The Kier molecular flexibility index (Phi) is 4.64. The lowest BCUT2D eigenvalue weighted by atomic mass is 10.1. The van der Waals surface area contributed by atoms with Crippen LogP contribution in [0.3, 0.4) is 0 Å². The fourth-order valence-corrected chi connectivity index (χ4v) is 2.02. The zero-order valence-corrected chi connectivity index (χ0v) is 12.1. The molecule has 1 N–H and O–H groups in total. The van der Waals surface area contributed by atoms with Crippen molar-refractivity contribution in [3.63, 3.8) is 0 Å². The molecule has 3 nitrogen and oxygen atoms in total. The molecule has 0 spiro atoms. The summed E-state index contributed by atoms with van der Waals surface area (Å²) in [6.07, 6.45) is -0.457. The number of hydrogen-bond acceptors (Lipinski definition) is 3. The Bertz CT molecular complexity index is 559. The number of ether oxygens (including phenoxy) is 2. The minimum absolute atomic E-state index is 0.457. The van der Waals surface area contributed by atoms with Gasteiger partial charge in [0.15, 0.2) is 0 Å². The molecule has 1 atom stereocenters. The number of aliphatic hydroxyl groups excluding tert-OH is 1. The van der Waals surface area contributed by atoms with Gasteiger partial charge in [-0.2, -0.15) is 0 Å². The Morgan fingerprint density at radius 3 is 2.40 bits per heavy atom. The largest absolute Gasteiger partial charge is 0.496 e. The first kappa shape index (κ1) is 14.4. The molecule has 0 saturated heterocycles. The second kappa shape index (κ2) is 6.44. The van der Waals surface area contributed by atoms with Crippen molar-refractivity contribution in [2.75, 3.05) is 7.11 Å². The number of rotatable bonds is 5. The van der Waals surface area contributed by atoms with Crippen LogP contribution in [0.4, 0.5) is 0 Å². The third kappa shape index (κ3) is 3.52. The molecule has 0 aliphatic heterocycles. The van der Waals surface area contributed by atoms with E-state index in [-0.39, 0.29) is 0 Å². The number of hydrogen-bond donors (Lipinski definition) is 1. The minimum Gasteiger partial charge on any atom is -0.496 e. The van der Waals surface area contributed by atoms with Gasteiger partial charge in [0.05, 0.1) is 13.2 Å². The Morgan fingerprint density at radius 1 is 1.10 bits per heavy atom. The highest BCUT2D eigenvalue weighted by atomic mass is 16.5. The van der Waals surface area contributed by atoms with E-state index >= 15 is 0 Å². The van der Waals surface area contributed by atoms with E-state index in [0.29, 0.717) is 6.61 Å². The lowest BCUT2D eigenvalue weighted by Crippen LogP contribution is -1.99. The normalized spacial score (nSPS) is 12.0. The van der Waals surface area contributed by atoms with Gasteiger partial charge in [0.25, 0.3) is 0 Å². The van der Waals surface area contributed by atoms with Crippen LogP contribution in [0.25, 0.3) is 0 Å². The van der Waals surface area contributed by atoms with Crippen molar-refractivity contribution in [3.05, 3.63) is 59.2 Å². The summed E-state index contributed by atoms with van der Waals surface area (Å²) in [4.78, 5) is 0. The molecule has 0 aliphatic rings. The zero-order valence-electron chi connectivity index (χ0n) is 12.1. The highest BCUT2D eigenvalue weighted by Crippen LogP contribution is 2.23. The highest BCUT2D eigenvalue weighted by Gasteiger charge is 2.05. The first-order valence-electron chi connectivity index (χ1n) is 6.64. The maximum absolute atomic E-state index is 9.46. The standard InChI is InChI=1S/C17H20O3/c1-12-4-9-17(19-3)15(10-12)11-20-16-7-5-14(6-8-16)13(2)18/h4-10,13,18H,11H2,1-3H3/t13-/m1/s1. The van der Waals surface area contributed by atoms with Gasteiger partial charge in [0.1, 0.15) is 18.1 Å². The number of aryl methyl sites for hydroxylation is 1. The molecule has 0 radical (unpaired) electrons. The lowest BCUT2D eigenvalue weighted by molar-refractivity contribution is 0.199. The van der Waals surface area contributed by atoms with Crippen molar-refractivity contribution < 1.29 is 14.6 Å². The van der Waals surface area contributed by atoms with Crippen LogP contribution in [-0.2, 0) is 6.61 Å². The summed E-state index contributed by atoms with van der Waals surface area (Å²) in [6.45, 7) is 4.24. The summed E-state index contributed by atoms with van der Waals surface area (Å²) in [5.41, 5.74) is 3.08. The summed E-state index contributed by atoms with van der Waals surface area (Å²) < 4.78 is 11.1. The van der Waals surface area contributed by atoms with Crippen molar-refractivity contribution in [2.45, 2.75) is 26.6 Å². The van der Waals surface area contributed by atoms with Gasteiger partial charge in [0, 0.05) is 5.56 Å². The number of aliphatic hydroxyl groups is 1. The molecule has 3 heteroatoms. The van der Waals surface area contributed by atoms with Crippen LogP contribution >= 0.6 is 0 Å². The fraction of sp³-hybridized carbons (Fsp3) is 0.294. The SMILES string of the molecule is COc1ccc(C)cc1COc1ccc([C@@H](C)O)cc1. The molecule has 0 unspecified atom stereocenters. The lowest BCUT2D eigenvalue weighted by Gasteiger charge is -2.12. The Balaban J connectivity index is 2.06. The van der Waals surface area contributed by atoms with Gasteiger partial charge in [-0.25, -0.2) is 0 Å². The monoisotopic (exact) mass is 272 g/mol. The maximum Gasteiger partial charge on any atom is 0.125 e. The average molecular weight is 272 g/mol. The van der Waals surface area contributed by atoms with E-state index in [2.05, 4.69) is 6.07 Å². The highest BCUT2D eigenvalue weighted by molar-refractivity contribution is 5.37. The van der Waals surface area contributed by atoms with Crippen LogP contribution in [-0.4, -0.2) is 12.2 Å². The molecule has 0 saturated carbocycles. The molecule has 20 heavy (non-hydrogen) atoms. The Morgan fingerprint density at radius 2 is 1.80 bits per heavy atom. The van der Waals surface area contributed by atoms with E-state index in [1.807, 2.05) is 43.3 Å². The van der Waals surface area contributed by atoms with Gasteiger partial charge in [-0.1, -0.05) is 23.8 Å². The van der Waals surface area contributed by atoms with Crippen LogP contribution < -0.4 is 9.47 Å². The van der Waals surface area contributed by atoms with Crippen LogP contribution in [0.2, 0.25) is 0 Å². The van der Waals surface area contributed by atoms with Crippen molar-refractivity contribution in [3.8, 4) is 11.5 Å². The molecule has 0 heterocycles. The van der Waals surface area contributed by atoms with Gasteiger partial charge >= 0.3 is 0 Å². The molecule has 2 aromatic carbocycles. The van der Waals surface area contributed by atoms with E-state index in [1.54, 1.807) is 14.0 Å². The van der Waals surface area contributed by atoms with Crippen molar-refractivity contribution in [1.82, 2.24) is 0 Å². The predicted octanol–water partition coefficient (Wildman–Crippen LogP) is 3.64. The van der Waals surface area contributed by atoms with E-state index in [1.165, 1.54) is 5.56 Å². The van der Waals surface area contributed by atoms with E-state index in [0.717, 1.165) is 22.6 Å². The molecule has 0 aromatic heterocycles. The predicted molar refractivity (Wildman–Crippen MR) is 79.1 cm³/mol. The van der Waals surface area contributed by atoms with Crippen molar-refractivity contribution in [2.24, 2.45) is 0 Å². The Hall–Kier alpha value is -2.00. The molecule has 0 aliphatic carbocycles. The molecule has 106 valence electrons. The molecule has 2 aromatic rings. The topological polar surface area (TPSA) is 38.7 Å². The third-order valence-electron chi connectivity index (χ3n) is 3.19. The van der Waals surface area contributed by atoms with Crippen molar-refractivity contribution in [1.29, 1.82) is 0 Å². The zero-order chi connectivity index (χ0) is 14.5. The molecule has 0 fully saturated rings. The van der Waals surface area contributed by atoms with Gasteiger partial charge in [0.2, 0.25) is 0 Å². The van der Waals surface area contributed by atoms with Crippen LogP contribution in [0.1, 0.15) is 29.7 Å². The number of methoxy groups -OCH3 is 1. The minimum atomic E-state index is -0.457. The van der Waals surface area contributed by atoms with Crippen molar-refractivity contribution >= 4 is 0 Å². The van der Waals surface area contributed by atoms with Gasteiger partial charge in [-0.3, -0.25) is 0 Å². The summed E-state index contributed by atoms with van der Waals surface area (Å²) in [7, 11) is 1.66. The summed E-state index contributed by atoms with van der Waals surface area (Å²) in [6, 6.07) is 13.5. The van der Waals surface area contributed by atoms with Gasteiger partial charge in [-0.15, -0.1) is 0 Å². The van der Waals surface area contributed by atoms with Gasteiger partial charge < -0.3 is 14.6 Å². The summed E-state index contributed by atoms with van der Waals surface area (Å²) in [5.74, 6) is 1.61. The van der Waals surface area contributed by atoms with Crippen LogP contribution in [0.5, 0.6) is 11.5 Å². The smallest absolute Gasteiger partial charge is 0.125 e.